The first-order valence-electron chi connectivity index (χ1n) is 14.8. The molecule has 0 saturated heterocycles. The van der Waals surface area contributed by atoms with E-state index in [2.05, 4.69) is 6.08 Å². The van der Waals surface area contributed by atoms with Crippen molar-refractivity contribution in [3.05, 3.63) is 166 Å². The van der Waals surface area contributed by atoms with E-state index in [1.807, 2.05) is 127 Å². The zero-order valence-electron chi connectivity index (χ0n) is 25.7. The minimum Gasteiger partial charge on any atom is -0.485 e. The van der Waals surface area contributed by atoms with Crippen molar-refractivity contribution in [3.63, 3.8) is 0 Å². The van der Waals surface area contributed by atoms with Crippen LogP contribution >= 0.6 is 0 Å². The van der Waals surface area contributed by atoms with E-state index in [4.69, 9.17) is 18.9 Å². The highest BCUT2D eigenvalue weighted by atomic mass is 16.5. The summed E-state index contributed by atoms with van der Waals surface area (Å²) < 4.78 is 22.3. The molecule has 0 aliphatic carbocycles. The van der Waals surface area contributed by atoms with Crippen LogP contribution < -0.4 is 9.47 Å². The number of hydrogen-bond acceptors (Lipinski definition) is 6. The number of methoxy groups -OCH3 is 2. The van der Waals surface area contributed by atoms with Gasteiger partial charge < -0.3 is 18.9 Å². The molecular formula is C40H34O6. The molecule has 0 N–H and O–H groups in total. The number of esters is 2. The van der Waals surface area contributed by atoms with Crippen molar-refractivity contribution in [1.29, 1.82) is 0 Å². The van der Waals surface area contributed by atoms with Crippen LogP contribution in [0.5, 0.6) is 11.5 Å². The van der Waals surface area contributed by atoms with Gasteiger partial charge in [-0.05, 0) is 45.5 Å². The Bertz CT molecular complexity index is 1810. The highest BCUT2D eigenvalue weighted by molar-refractivity contribution is 6.05. The van der Waals surface area contributed by atoms with Crippen molar-refractivity contribution >= 4 is 36.2 Å². The summed E-state index contributed by atoms with van der Waals surface area (Å²) in [7, 11) is 2.50. The molecule has 6 nitrogen and oxygen atoms in total. The van der Waals surface area contributed by atoms with Crippen molar-refractivity contribution in [1.82, 2.24) is 0 Å². The Kier molecular flexibility index (Phi) is 10.8. The van der Waals surface area contributed by atoms with E-state index < -0.39 is 11.9 Å². The highest BCUT2D eigenvalue weighted by Crippen LogP contribution is 2.36. The van der Waals surface area contributed by atoms with Crippen LogP contribution in [0.15, 0.2) is 121 Å². The highest BCUT2D eigenvalue weighted by Gasteiger charge is 2.27. The molecule has 0 bridgehead atoms. The Balaban J connectivity index is 1.34. The minimum atomic E-state index is -0.739. The second kappa shape index (κ2) is 15.7. The largest absolute Gasteiger partial charge is 0.485 e. The molecule has 0 fully saturated rings. The normalized spacial score (nSPS) is 11.0. The second-order valence-corrected chi connectivity index (χ2v) is 10.3. The third-order valence-electron chi connectivity index (χ3n) is 7.19. The lowest BCUT2D eigenvalue weighted by atomic mass is 10.1. The minimum absolute atomic E-state index is 0.0210. The summed E-state index contributed by atoms with van der Waals surface area (Å²) in [5.74, 6) is -1.03. The van der Waals surface area contributed by atoms with E-state index in [0.717, 1.165) is 33.4 Å². The fourth-order valence-electron chi connectivity index (χ4n) is 4.69. The van der Waals surface area contributed by atoms with Crippen molar-refractivity contribution in [2.75, 3.05) is 14.2 Å². The molecule has 0 radical (unpaired) electrons. The Morgan fingerprint density at radius 2 is 0.935 bits per heavy atom. The first-order valence-corrected chi connectivity index (χ1v) is 14.8. The molecule has 6 heteroatoms. The van der Waals surface area contributed by atoms with Gasteiger partial charge in [-0.2, -0.15) is 0 Å². The summed E-state index contributed by atoms with van der Waals surface area (Å²) >= 11 is 0. The van der Waals surface area contributed by atoms with Gasteiger partial charge in [0.1, 0.15) is 18.8 Å². The van der Waals surface area contributed by atoms with Crippen molar-refractivity contribution in [2.45, 2.75) is 13.2 Å². The Morgan fingerprint density at radius 1 is 0.500 bits per heavy atom. The summed E-state index contributed by atoms with van der Waals surface area (Å²) in [4.78, 5) is 25.6. The summed E-state index contributed by atoms with van der Waals surface area (Å²) in [6.45, 7) is 0.329. The monoisotopic (exact) mass is 610 g/mol. The molecule has 0 amide bonds. The molecule has 5 aromatic rings. The maximum atomic E-state index is 13.0. The van der Waals surface area contributed by atoms with Gasteiger partial charge >= 0.3 is 11.9 Å². The molecule has 5 rings (SSSR count). The van der Waals surface area contributed by atoms with Gasteiger partial charge in [-0.3, -0.25) is 0 Å². The van der Waals surface area contributed by atoms with Crippen LogP contribution in [-0.2, 0) is 22.7 Å². The number of hydrogen-bond donors (Lipinski definition) is 0. The lowest BCUT2D eigenvalue weighted by molar-refractivity contribution is 0.0549. The average Bonchev–Trinajstić information content (AvgIpc) is 3.12. The fraction of sp³-hybridized carbons (Fsp3) is 0.100. The van der Waals surface area contributed by atoms with E-state index in [0.29, 0.717) is 5.75 Å². The Labute approximate surface area is 269 Å². The molecule has 0 aromatic heterocycles. The van der Waals surface area contributed by atoms with Gasteiger partial charge in [0.2, 0.25) is 0 Å². The first kappa shape index (κ1) is 31.5. The van der Waals surface area contributed by atoms with Gasteiger partial charge in [-0.25, -0.2) is 9.59 Å². The van der Waals surface area contributed by atoms with Gasteiger partial charge in [-0.1, -0.05) is 133 Å². The number of carbonyl (C=O) groups is 2. The van der Waals surface area contributed by atoms with Crippen molar-refractivity contribution < 1.29 is 28.5 Å². The molecule has 0 heterocycles. The molecule has 0 spiro atoms. The van der Waals surface area contributed by atoms with E-state index >= 15 is 0 Å². The van der Waals surface area contributed by atoms with Crippen LogP contribution in [0.3, 0.4) is 0 Å². The van der Waals surface area contributed by atoms with Crippen LogP contribution in [0.2, 0.25) is 0 Å². The Hall–Kier alpha value is -5.88. The molecule has 5 aromatic carbocycles. The molecule has 0 aliphatic rings. The zero-order valence-corrected chi connectivity index (χ0v) is 25.7. The fourth-order valence-corrected chi connectivity index (χ4v) is 4.69. The van der Waals surface area contributed by atoms with Crippen LogP contribution in [0.1, 0.15) is 54.1 Å². The lowest BCUT2D eigenvalue weighted by Crippen LogP contribution is -2.15. The smallest absolute Gasteiger partial charge is 0.342 e. The molecule has 46 heavy (non-hydrogen) atoms. The maximum absolute atomic E-state index is 13.0. The van der Waals surface area contributed by atoms with Crippen LogP contribution in [-0.4, -0.2) is 26.2 Å². The van der Waals surface area contributed by atoms with Crippen molar-refractivity contribution in [2.24, 2.45) is 0 Å². The summed E-state index contributed by atoms with van der Waals surface area (Å²) in [6, 6.07) is 39.1. The predicted octanol–water partition coefficient (Wildman–Crippen LogP) is 8.76. The van der Waals surface area contributed by atoms with Gasteiger partial charge in [0.15, 0.2) is 11.5 Å². The molecule has 230 valence electrons. The number of ether oxygens (including phenoxy) is 4. The molecular weight excluding hydrogens is 576 g/mol. The summed E-state index contributed by atoms with van der Waals surface area (Å²) in [6.07, 6.45) is 8.19. The van der Waals surface area contributed by atoms with E-state index in [1.165, 1.54) is 20.3 Å². The van der Waals surface area contributed by atoms with Gasteiger partial charge in [-0.15, -0.1) is 0 Å². The van der Waals surface area contributed by atoms with Gasteiger partial charge in [0.25, 0.3) is 0 Å². The average molecular weight is 611 g/mol. The topological polar surface area (TPSA) is 71.1 Å². The molecule has 0 saturated carbocycles. The van der Waals surface area contributed by atoms with E-state index in [1.54, 1.807) is 6.07 Å². The van der Waals surface area contributed by atoms with E-state index in [9.17, 15) is 9.59 Å². The van der Waals surface area contributed by atoms with Gasteiger partial charge in [0.05, 0.1) is 19.8 Å². The quantitative estimate of drug-likeness (QED) is 0.104. The third-order valence-corrected chi connectivity index (χ3v) is 7.19. The van der Waals surface area contributed by atoms with E-state index in [-0.39, 0.29) is 30.1 Å². The lowest BCUT2D eigenvalue weighted by Gasteiger charge is -2.18. The first-order chi connectivity index (χ1) is 22.5. The zero-order chi connectivity index (χ0) is 32.1. The molecule has 0 unspecified atom stereocenters. The maximum Gasteiger partial charge on any atom is 0.342 e. The molecule has 0 aliphatic heterocycles. The Morgan fingerprint density at radius 3 is 1.39 bits per heavy atom. The standard InChI is InChI=1S/C40H34O6/c1-43-39(41)35-25-26-36(45-27-33-21-17-31(18-22-33)15-13-29-9-5-3-6-10-29)38(37(35)40(42)44-2)46-28-34-23-19-32(20-24-34)16-14-30-11-7-4-8-12-30/h3-26H,27-28H2,1-2H3/b15-13+,16-14+. The number of rotatable bonds is 12. The second-order valence-electron chi connectivity index (χ2n) is 10.3. The van der Waals surface area contributed by atoms with Crippen LogP contribution in [0.4, 0.5) is 0 Å². The SMILES string of the molecule is COC(=O)c1ccc(OCc2ccc(/C=C/c3ccccc3)cc2)c(OCc2ccc(/C=C/c3ccccc3)cc2)c1C(=O)OC. The predicted molar refractivity (Wildman–Crippen MR) is 181 cm³/mol. The van der Waals surface area contributed by atoms with Crippen LogP contribution in [0, 0.1) is 0 Å². The number of benzene rings is 5. The third kappa shape index (κ3) is 8.39. The molecule has 0 atom stereocenters. The van der Waals surface area contributed by atoms with Gasteiger partial charge in [0, 0.05) is 0 Å². The van der Waals surface area contributed by atoms with Crippen LogP contribution in [0.25, 0.3) is 24.3 Å². The summed E-state index contributed by atoms with van der Waals surface area (Å²) in [5, 5.41) is 0. The van der Waals surface area contributed by atoms with Crippen molar-refractivity contribution in [3.8, 4) is 11.5 Å². The number of carbonyl (C=O) groups excluding carboxylic acids is 2. The summed E-state index contributed by atoms with van der Waals surface area (Å²) in [5.41, 5.74) is 6.05.